The highest BCUT2D eigenvalue weighted by molar-refractivity contribution is 4.89. The van der Waals surface area contributed by atoms with Crippen LogP contribution in [0.1, 0.15) is 39.5 Å². The molecular formula is C12H24N2. The van der Waals surface area contributed by atoms with Crippen molar-refractivity contribution in [2.24, 2.45) is 5.92 Å². The average molecular weight is 196 g/mol. The molecule has 82 valence electrons. The molecule has 1 aliphatic carbocycles. The van der Waals surface area contributed by atoms with Gasteiger partial charge in [-0.2, -0.15) is 0 Å². The lowest BCUT2D eigenvalue weighted by molar-refractivity contribution is 0.226. The molecule has 2 rings (SSSR count). The van der Waals surface area contributed by atoms with Crippen molar-refractivity contribution in [2.45, 2.75) is 57.7 Å². The maximum Gasteiger partial charge on any atom is 0.0212 e. The second kappa shape index (κ2) is 4.19. The van der Waals surface area contributed by atoms with E-state index in [2.05, 4.69) is 31.1 Å². The van der Waals surface area contributed by atoms with Gasteiger partial charge < -0.3 is 10.2 Å². The Hall–Kier alpha value is -0.0800. The predicted octanol–water partition coefficient (Wildman–Crippen LogP) is 1.86. The second-order valence-corrected chi connectivity index (χ2v) is 5.37. The first kappa shape index (κ1) is 10.4. The third-order valence-electron chi connectivity index (χ3n) is 4.24. The van der Waals surface area contributed by atoms with E-state index in [1.807, 2.05) is 0 Å². The smallest absolute Gasteiger partial charge is 0.0212 e. The number of nitrogens with zero attached hydrogens (tertiary/aromatic N) is 1. The van der Waals surface area contributed by atoms with Crippen molar-refractivity contribution in [2.75, 3.05) is 13.6 Å². The van der Waals surface area contributed by atoms with Gasteiger partial charge in [-0.05, 0) is 46.1 Å². The summed E-state index contributed by atoms with van der Waals surface area (Å²) in [6, 6.07) is 2.25. The molecule has 0 spiro atoms. The number of likely N-dealkylation sites (tertiary alicyclic amines) is 1. The van der Waals surface area contributed by atoms with Crippen LogP contribution in [0.15, 0.2) is 0 Å². The van der Waals surface area contributed by atoms with Crippen LogP contribution in [0.25, 0.3) is 0 Å². The standard InChI is InChI=1S/C12H24N2/c1-9-7-12(8-14(9)3)13-10(2)11-5-4-6-11/h9-13H,4-8H2,1-3H3. The predicted molar refractivity (Wildman–Crippen MR) is 60.4 cm³/mol. The van der Waals surface area contributed by atoms with Gasteiger partial charge in [0.25, 0.3) is 0 Å². The minimum atomic E-state index is 0.741. The van der Waals surface area contributed by atoms with Crippen LogP contribution in [0.5, 0.6) is 0 Å². The van der Waals surface area contributed by atoms with Gasteiger partial charge in [-0.1, -0.05) is 6.42 Å². The summed E-state index contributed by atoms with van der Waals surface area (Å²) in [6.07, 6.45) is 5.68. The third-order valence-corrected chi connectivity index (χ3v) is 4.24. The van der Waals surface area contributed by atoms with Crippen molar-refractivity contribution in [1.82, 2.24) is 10.2 Å². The zero-order valence-corrected chi connectivity index (χ0v) is 9.79. The van der Waals surface area contributed by atoms with E-state index in [4.69, 9.17) is 0 Å². The molecule has 0 radical (unpaired) electrons. The summed E-state index contributed by atoms with van der Waals surface area (Å²) in [6.45, 7) is 5.93. The first-order valence-electron chi connectivity index (χ1n) is 6.13. The van der Waals surface area contributed by atoms with Crippen LogP contribution in [0.4, 0.5) is 0 Å². The number of hydrogen-bond donors (Lipinski definition) is 1. The Labute approximate surface area is 88.1 Å². The molecule has 3 atom stereocenters. The van der Waals surface area contributed by atoms with E-state index in [-0.39, 0.29) is 0 Å². The van der Waals surface area contributed by atoms with E-state index in [9.17, 15) is 0 Å². The van der Waals surface area contributed by atoms with E-state index >= 15 is 0 Å². The van der Waals surface area contributed by atoms with Crippen LogP contribution in [0.3, 0.4) is 0 Å². The topological polar surface area (TPSA) is 15.3 Å². The number of nitrogens with one attached hydrogen (secondary N) is 1. The van der Waals surface area contributed by atoms with Crippen molar-refractivity contribution in [3.63, 3.8) is 0 Å². The van der Waals surface area contributed by atoms with Crippen molar-refractivity contribution >= 4 is 0 Å². The van der Waals surface area contributed by atoms with Gasteiger partial charge >= 0.3 is 0 Å². The van der Waals surface area contributed by atoms with Crippen LogP contribution in [-0.2, 0) is 0 Å². The summed E-state index contributed by atoms with van der Waals surface area (Å²) in [5.41, 5.74) is 0. The first-order chi connectivity index (χ1) is 6.66. The summed E-state index contributed by atoms with van der Waals surface area (Å²) < 4.78 is 0. The summed E-state index contributed by atoms with van der Waals surface area (Å²) >= 11 is 0. The quantitative estimate of drug-likeness (QED) is 0.741. The molecule has 2 nitrogen and oxygen atoms in total. The molecular weight excluding hydrogens is 172 g/mol. The number of rotatable bonds is 3. The van der Waals surface area contributed by atoms with E-state index in [1.165, 1.54) is 32.2 Å². The van der Waals surface area contributed by atoms with E-state index in [0.29, 0.717) is 0 Å². The Balaban J connectivity index is 1.74. The summed E-state index contributed by atoms with van der Waals surface area (Å²) in [4.78, 5) is 2.46. The maximum atomic E-state index is 3.80. The number of likely N-dealkylation sites (N-methyl/N-ethyl adjacent to an activating group) is 1. The van der Waals surface area contributed by atoms with Gasteiger partial charge in [0.15, 0.2) is 0 Å². The van der Waals surface area contributed by atoms with Gasteiger partial charge in [0.05, 0.1) is 0 Å². The molecule has 3 unspecified atom stereocenters. The Morgan fingerprint density at radius 1 is 1.36 bits per heavy atom. The van der Waals surface area contributed by atoms with Crippen molar-refractivity contribution in [3.8, 4) is 0 Å². The van der Waals surface area contributed by atoms with Crippen LogP contribution in [-0.4, -0.2) is 36.6 Å². The monoisotopic (exact) mass is 196 g/mol. The molecule has 1 heterocycles. The van der Waals surface area contributed by atoms with Gasteiger partial charge in [0.2, 0.25) is 0 Å². The highest BCUT2D eigenvalue weighted by Gasteiger charge is 2.30. The fraction of sp³-hybridized carbons (Fsp3) is 1.00. The third kappa shape index (κ3) is 2.12. The fourth-order valence-electron chi connectivity index (χ4n) is 2.76. The molecule has 0 amide bonds. The molecule has 0 aromatic carbocycles. The SMILES string of the molecule is CC(NC1CC(C)N(C)C1)C1CCC1. The minimum absolute atomic E-state index is 0.741. The molecule has 1 N–H and O–H groups in total. The van der Waals surface area contributed by atoms with Gasteiger partial charge in [-0.15, -0.1) is 0 Å². The first-order valence-corrected chi connectivity index (χ1v) is 6.13. The van der Waals surface area contributed by atoms with Gasteiger partial charge in [0.1, 0.15) is 0 Å². The Morgan fingerprint density at radius 3 is 2.50 bits per heavy atom. The van der Waals surface area contributed by atoms with E-state index < -0.39 is 0 Å². The Morgan fingerprint density at radius 2 is 2.07 bits per heavy atom. The molecule has 2 aliphatic rings. The van der Waals surface area contributed by atoms with Crippen LogP contribution in [0.2, 0.25) is 0 Å². The summed E-state index contributed by atoms with van der Waals surface area (Å²) in [7, 11) is 2.24. The van der Waals surface area contributed by atoms with E-state index in [0.717, 1.165) is 24.0 Å². The van der Waals surface area contributed by atoms with Crippen LogP contribution in [0, 0.1) is 5.92 Å². The lowest BCUT2D eigenvalue weighted by Gasteiger charge is -2.33. The molecule has 1 saturated carbocycles. The van der Waals surface area contributed by atoms with Crippen molar-refractivity contribution in [3.05, 3.63) is 0 Å². The molecule has 2 fully saturated rings. The van der Waals surface area contributed by atoms with E-state index in [1.54, 1.807) is 0 Å². The molecule has 0 aromatic heterocycles. The molecule has 0 bridgehead atoms. The molecule has 14 heavy (non-hydrogen) atoms. The largest absolute Gasteiger partial charge is 0.310 e. The summed E-state index contributed by atoms with van der Waals surface area (Å²) in [5, 5.41) is 3.80. The average Bonchev–Trinajstić information content (AvgIpc) is 2.26. The highest BCUT2D eigenvalue weighted by atomic mass is 15.2. The van der Waals surface area contributed by atoms with Crippen LogP contribution < -0.4 is 5.32 Å². The lowest BCUT2D eigenvalue weighted by Crippen LogP contribution is -2.44. The molecule has 0 aromatic rings. The zero-order chi connectivity index (χ0) is 10.1. The van der Waals surface area contributed by atoms with Gasteiger partial charge in [-0.3, -0.25) is 0 Å². The van der Waals surface area contributed by atoms with Gasteiger partial charge in [0, 0.05) is 24.7 Å². The Kier molecular flexibility index (Phi) is 3.13. The minimum Gasteiger partial charge on any atom is -0.310 e. The molecule has 1 saturated heterocycles. The van der Waals surface area contributed by atoms with Crippen molar-refractivity contribution < 1.29 is 0 Å². The zero-order valence-electron chi connectivity index (χ0n) is 9.79. The molecule has 2 heteroatoms. The number of hydrogen-bond acceptors (Lipinski definition) is 2. The highest BCUT2D eigenvalue weighted by Crippen LogP contribution is 2.30. The fourth-order valence-corrected chi connectivity index (χ4v) is 2.76. The lowest BCUT2D eigenvalue weighted by atomic mass is 9.80. The summed E-state index contributed by atoms with van der Waals surface area (Å²) in [5.74, 6) is 0.969. The molecule has 1 aliphatic heterocycles. The maximum absolute atomic E-state index is 3.80. The second-order valence-electron chi connectivity index (χ2n) is 5.37. The Bertz CT molecular complexity index is 179. The van der Waals surface area contributed by atoms with Crippen molar-refractivity contribution in [1.29, 1.82) is 0 Å². The normalized spacial score (nSPS) is 37.1. The van der Waals surface area contributed by atoms with Gasteiger partial charge in [-0.25, -0.2) is 0 Å². The van der Waals surface area contributed by atoms with Crippen LogP contribution >= 0.6 is 0 Å².